The second kappa shape index (κ2) is 9.93. The molecule has 180 valence electrons. The number of carbonyl (C=O) groups excluding carboxylic acids is 2. The molecule has 35 heavy (non-hydrogen) atoms. The van der Waals surface area contributed by atoms with Gasteiger partial charge >= 0.3 is 0 Å². The summed E-state index contributed by atoms with van der Waals surface area (Å²) >= 11 is 0. The average molecular weight is 474 g/mol. The highest BCUT2D eigenvalue weighted by Crippen LogP contribution is 2.43. The first-order valence-electron chi connectivity index (χ1n) is 11.2. The average Bonchev–Trinajstić information content (AvgIpc) is 3.13. The van der Waals surface area contributed by atoms with Crippen molar-refractivity contribution in [3.05, 3.63) is 89.5 Å². The lowest BCUT2D eigenvalue weighted by Gasteiger charge is -2.26. The van der Waals surface area contributed by atoms with Crippen LogP contribution in [0.2, 0.25) is 0 Å². The summed E-state index contributed by atoms with van der Waals surface area (Å²) in [6.45, 7) is 3.83. The van der Waals surface area contributed by atoms with Crippen molar-refractivity contribution in [2.24, 2.45) is 0 Å². The van der Waals surface area contributed by atoms with E-state index in [4.69, 9.17) is 14.2 Å². The van der Waals surface area contributed by atoms with E-state index < -0.39 is 17.7 Å². The third-order valence-corrected chi connectivity index (χ3v) is 5.68. The summed E-state index contributed by atoms with van der Waals surface area (Å²) < 4.78 is 16.4. The van der Waals surface area contributed by atoms with Crippen molar-refractivity contribution in [3.63, 3.8) is 0 Å². The molecule has 0 spiro atoms. The van der Waals surface area contributed by atoms with Gasteiger partial charge in [-0.05, 0) is 67.9 Å². The van der Waals surface area contributed by atoms with Crippen LogP contribution in [0.15, 0.2) is 78.4 Å². The molecule has 1 heterocycles. The van der Waals surface area contributed by atoms with Gasteiger partial charge in [0.25, 0.3) is 11.7 Å². The number of methoxy groups -OCH3 is 2. The minimum absolute atomic E-state index is 0.0132. The van der Waals surface area contributed by atoms with Crippen LogP contribution in [-0.2, 0) is 9.59 Å². The van der Waals surface area contributed by atoms with Crippen LogP contribution in [0, 0.1) is 0 Å². The van der Waals surface area contributed by atoms with E-state index in [1.165, 1.54) is 12.0 Å². The molecule has 7 heteroatoms. The van der Waals surface area contributed by atoms with Crippen LogP contribution in [0.5, 0.6) is 17.2 Å². The maximum Gasteiger partial charge on any atom is 0.300 e. The fourth-order valence-corrected chi connectivity index (χ4v) is 4.11. The van der Waals surface area contributed by atoms with E-state index in [2.05, 4.69) is 0 Å². The number of nitrogens with zero attached hydrogens (tertiary/aromatic N) is 1. The molecule has 0 saturated carbocycles. The maximum absolute atomic E-state index is 13.3. The summed E-state index contributed by atoms with van der Waals surface area (Å²) in [4.78, 5) is 28.0. The minimum Gasteiger partial charge on any atom is -0.507 e. The van der Waals surface area contributed by atoms with Crippen molar-refractivity contribution in [3.8, 4) is 17.2 Å². The molecule has 4 rings (SSSR count). The van der Waals surface area contributed by atoms with E-state index in [9.17, 15) is 14.7 Å². The lowest BCUT2D eigenvalue weighted by molar-refractivity contribution is -0.132. The molecule has 3 aromatic carbocycles. The van der Waals surface area contributed by atoms with Gasteiger partial charge in [0.05, 0.1) is 31.9 Å². The molecular formula is C28H27NO6. The molecule has 1 aliphatic rings. The molecule has 1 amide bonds. The third-order valence-electron chi connectivity index (χ3n) is 5.68. The number of ether oxygens (including phenoxy) is 3. The molecule has 0 bridgehead atoms. The van der Waals surface area contributed by atoms with Gasteiger partial charge in [0.1, 0.15) is 23.0 Å². The fraction of sp³-hybridized carbons (Fsp3) is 0.214. The van der Waals surface area contributed by atoms with E-state index in [-0.39, 0.29) is 17.4 Å². The highest BCUT2D eigenvalue weighted by atomic mass is 16.5. The van der Waals surface area contributed by atoms with Gasteiger partial charge in [-0.1, -0.05) is 24.3 Å². The Hall–Kier alpha value is -4.26. The zero-order valence-electron chi connectivity index (χ0n) is 20.0. The number of anilines is 1. The van der Waals surface area contributed by atoms with Gasteiger partial charge < -0.3 is 19.3 Å². The standard InChI is InChI=1S/C28H27NO6/c1-17(2)35-23-10-5-7-18(15-23)25-24(26(30)19-8-6-9-22(16-19)34-4)27(31)28(32)29(25)20-11-13-21(33-3)14-12-20/h5-17,25,30H,1-4H3/b26-24-. The van der Waals surface area contributed by atoms with E-state index in [1.807, 2.05) is 19.9 Å². The van der Waals surface area contributed by atoms with Gasteiger partial charge in [0.2, 0.25) is 0 Å². The van der Waals surface area contributed by atoms with Crippen LogP contribution in [-0.4, -0.2) is 37.1 Å². The van der Waals surface area contributed by atoms with Crippen LogP contribution in [0.3, 0.4) is 0 Å². The van der Waals surface area contributed by atoms with E-state index >= 15 is 0 Å². The number of benzene rings is 3. The molecule has 1 aliphatic heterocycles. The van der Waals surface area contributed by atoms with E-state index in [1.54, 1.807) is 73.8 Å². The second-order valence-electron chi connectivity index (χ2n) is 8.34. The Balaban J connectivity index is 1.92. The molecule has 1 atom stereocenters. The van der Waals surface area contributed by atoms with E-state index in [0.717, 1.165) is 0 Å². The van der Waals surface area contributed by atoms with Crippen molar-refractivity contribution in [2.45, 2.75) is 26.0 Å². The van der Waals surface area contributed by atoms with Crippen LogP contribution >= 0.6 is 0 Å². The summed E-state index contributed by atoms with van der Waals surface area (Å²) in [6.07, 6.45) is -0.0602. The Morgan fingerprint density at radius 3 is 2.17 bits per heavy atom. The van der Waals surface area contributed by atoms with Crippen molar-refractivity contribution >= 4 is 23.1 Å². The van der Waals surface area contributed by atoms with Crippen LogP contribution in [0.4, 0.5) is 5.69 Å². The first-order valence-corrected chi connectivity index (χ1v) is 11.2. The summed E-state index contributed by atoms with van der Waals surface area (Å²) in [6, 6.07) is 19.9. The van der Waals surface area contributed by atoms with Crippen LogP contribution in [0.1, 0.15) is 31.0 Å². The molecule has 0 radical (unpaired) electrons. The Labute approximate surface area is 204 Å². The highest BCUT2D eigenvalue weighted by Gasteiger charge is 2.47. The van der Waals surface area contributed by atoms with Gasteiger partial charge in [-0.2, -0.15) is 0 Å². The second-order valence-corrected chi connectivity index (χ2v) is 8.34. The fourth-order valence-electron chi connectivity index (χ4n) is 4.11. The topological polar surface area (TPSA) is 85.3 Å². The number of Topliss-reactive ketones (excluding diaryl/α,β-unsaturated/α-hetero) is 1. The van der Waals surface area contributed by atoms with Gasteiger partial charge in [-0.3, -0.25) is 14.5 Å². The third kappa shape index (κ3) is 4.71. The SMILES string of the molecule is COc1ccc(N2C(=O)C(=O)/C(=C(\O)c3cccc(OC)c3)C2c2cccc(OC(C)C)c2)cc1. The maximum atomic E-state index is 13.3. The Kier molecular flexibility index (Phi) is 6.78. The molecule has 7 nitrogen and oxygen atoms in total. The molecule has 0 aliphatic carbocycles. The molecule has 1 unspecified atom stereocenters. The Morgan fingerprint density at radius 2 is 1.51 bits per heavy atom. The summed E-state index contributed by atoms with van der Waals surface area (Å²) in [5.41, 5.74) is 1.48. The zero-order valence-corrected chi connectivity index (χ0v) is 20.0. The number of hydrogen-bond acceptors (Lipinski definition) is 6. The van der Waals surface area contributed by atoms with Gasteiger partial charge in [0.15, 0.2) is 0 Å². The predicted molar refractivity (Wildman–Crippen MR) is 133 cm³/mol. The lowest BCUT2D eigenvalue weighted by Crippen LogP contribution is -2.29. The van der Waals surface area contributed by atoms with Crippen molar-refractivity contribution in [1.29, 1.82) is 0 Å². The van der Waals surface area contributed by atoms with Gasteiger partial charge in [-0.15, -0.1) is 0 Å². The van der Waals surface area contributed by atoms with Crippen molar-refractivity contribution in [2.75, 3.05) is 19.1 Å². The number of rotatable bonds is 7. The Bertz CT molecular complexity index is 1280. The zero-order chi connectivity index (χ0) is 25.1. The molecule has 0 aromatic heterocycles. The largest absolute Gasteiger partial charge is 0.507 e. The number of aliphatic hydroxyl groups excluding tert-OH is 1. The van der Waals surface area contributed by atoms with Gasteiger partial charge in [-0.25, -0.2) is 0 Å². The summed E-state index contributed by atoms with van der Waals surface area (Å²) in [7, 11) is 3.07. The highest BCUT2D eigenvalue weighted by molar-refractivity contribution is 6.51. The molecule has 1 fully saturated rings. The molecule has 3 aromatic rings. The normalized spacial score (nSPS) is 17.1. The first-order chi connectivity index (χ1) is 16.8. The summed E-state index contributed by atoms with van der Waals surface area (Å²) in [5, 5.41) is 11.3. The minimum atomic E-state index is -0.870. The number of aliphatic hydroxyl groups is 1. The lowest BCUT2D eigenvalue weighted by atomic mass is 9.95. The Morgan fingerprint density at radius 1 is 0.857 bits per heavy atom. The quantitative estimate of drug-likeness (QED) is 0.291. The monoisotopic (exact) mass is 473 g/mol. The smallest absolute Gasteiger partial charge is 0.300 e. The number of ketones is 1. The molecule has 1 saturated heterocycles. The van der Waals surface area contributed by atoms with E-state index in [0.29, 0.717) is 34.1 Å². The molecular weight excluding hydrogens is 446 g/mol. The molecule has 1 N–H and O–H groups in total. The number of amides is 1. The number of hydrogen-bond donors (Lipinski definition) is 1. The summed E-state index contributed by atoms with van der Waals surface area (Å²) in [5.74, 6) is -0.0633. The first kappa shape index (κ1) is 23.9. The van der Waals surface area contributed by atoms with Crippen molar-refractivity contribution in [1.82, 2.24) is 0 Å². The predicted octanol–water partition coefficient (Wildman–Crippen LogP) is 5.12. The van der Waals surface area contributed by atoms with Crippen LogP contribution in [0.25, 0.3) is 5.76 Å². The van der Waals surface area contributed by atoms with Gasteiger partial charge in [0, 0.05) is 11.3 Å². The number of carbonyl (C=O) groups is 2. The van der Waals surface area contributed by atoms with Crippen molar-refractivity contribution < 1.29 is 28.9 Å². The van der Waals surface area contributed by atoms with Crippen LogP contribution < -0.4 is 19.1 Å².